The highest BCUT2D eigenvalue weighted by Crippen LogP contribution is 2.32. The summed E-state index contributed by atoms with van der Waals surface area (Å²) in [4.78, 5) is 9.05. The highest BCUT2D eigenvalue weighted by Gasteiger charge is 2.17. The molecule has 0 amide bonds. The molecule has 0 saturated carbocycles. The largest absolute Gasteiger partial charge is 0.492 e. The van der Waals surface area contributed by atoms with E-state index in [2.05, 4.69) is 15.1 Å². The van der Waals surface area contributed by atoms with Crippen molar-refractivity contribution in [1.82, 2.24) is 24.1 Å². The Bertz CT molecular complexity index is 1060. The van der Waals surface area contributed by atoms with Crippen molar-refractivity contribution in [3.8, 4) is 23.0 Å². The number of methoxy groups -OCH3 is 1. The lowest BCUT2D eigenvalue weighted by molar-refractivity contribution is 0.418. The molecule has 0 N–H and O–H groups in total. The molecule has 0 atom stereocenters. The topological polar surface area (TPSA) is 57.2 Å². The van der Waals surface area contributed by atoms with Crippen molar-refractivity contribution in [2.24, 2.45) is 0 Å². The van der Waals surface area contributed by atoms with E-state index in [1.165, 1.54) is 0 Å². The van der Waals surface area contributed by atoms with Crippen molar-refractivity contribution in [2.75, 3.05) is 7.11 Å². The van der Waals surface area contributed by atoms with Gasteiger partial charge in [-0.2, -0.15) is 4.98 Å². The van der Waals surface area contributed by atoms with Crippen LogP contribution >= 0.6 is 11.6 Å². The van der Waals surface area contributed by atoms with Crippen LogP contribution in [0.2, 0.25) is 5.15 Å². The molecule has 126 valence electrons. The van der Waals surface area contributed by atoms with Gasteiger partial charge >= 0.3 is 0 Å². The predicted molar refractivity (Wildman–Crippen MR) is 96.6 cm³/mol. The first-order valence-corrected chi connectivity index (χ1v) is 8.18. The van der Waals surface area contributed by atoms with E-state index < -0.39 is 0 Å². The Hall–Kier alpha value is -2.86. The predicted octanol–water partition coefficient (Wildman–Crippen LogP) is 3.86. The molecule has 0 spiro atoms. The Morgan fingerprint density at radius 1 is 1.00 bits per heavy atom. The Morgan fingerprint density at radius 2 is 1.76 bits per heavy atom. The Balaban J connectivity index is 1.94. The maximum Gasteiger partial charge on any atom is 0.254 e. The van der Waals surface area contributed by atoms with Crippen LogP contribution in [0.5, 0.6) is 5.75 Å². The average Bonchev–Trinajstić information content (AvgIpc) is 3.16. The first-order chi connectivity index (χ1) is 12.1. The molecular formula is C18H16ClN5O. The Morgan fingerprint density at radius 3 is 2.44 bits per heavy atom. The number of pyridine rings is 2. The molecule has 25 heavy (non-hydrogen) atoms. The van der Waals surface area contributed by atoms with E-state index >= 15 is 0 Å². The van der Waals surface area contributed by atoms with Crippen LogP contribution < -0.4 is 4.74 Å². The van der Waals surface area contributed by atoms with E-state index in [1.54, 1.807) is 17.7 Å². The summed E-state index contributed by atoms with van der Waals surface area (Å²) >= 11 is 6.03. The Kier molecular flexibility index (Phi) is 3.69. The summed E-state index contributed by atoms with van der Waals surface area (Å²) in [6, 6.07) is 11.5. The molecule has 4 heterocycles. The maximum atomic E-state index is 6.03. The van der Waals surface area contributed by atoms with Gasteiger partial charge in [0.2, 0.25) is 0 Å². The van der Waals surface area contributed by atoms with Crippen molar-refractivity contribution in [1.29, 1.82) is 0 Å². The van der Waals surface area contributed by atoms with E-state index in [0.717, 1.165) is 22.6 Å². The van der Waals surface area contributed by atoms with Crippen molar-refractivity contribution in [2.45, 2.75) is 13.8 Å². The summed E-state index contributed by atoms with van der Waals surface area (Å²) in [5.74, 6) is 1.22. The number of aryl methyl sites for hydroxylation is 2. The lowest BCUT2D eigenvalue weighted by Gasteiger charge is -2.08. The van der Waals surface area contributed by atoms with E-state index in [0.29, 0.717) is 22.5 Å². The zero-order valence-electron chi connectivity index (χ0n) is 14.1. The summed E-state index contributed by atoms with van der Waals surface area (Å²) in [6.45, 7) is 4.05. The van der Waals surface area contributed by atoms with Gasteiger partial charge in [0.05, 0.1) is 12.8 Å². The smallest absolute Gasteiger partial charge is 0.254 e. The van der Waals surface area contributed by atoms with Gasteiger partial charge in [-0.3, -0.25) is 4.57 Å². The first kappa shape index (κ1) is 15.7. The number of ether oxygens (including phenoxy) is 1. The van der Waals surface area contributed by atoms with Gasteiger partial charge in [-0.05, 0) is 44.2 Å². The maximum absolute atomic E-state index is 6.03. The third kappa shape index (κ3) is 2.55. The summed E-state index contributed by atoms with van der Waals surface area (Å²) in [5.41, 5.74) is 4.32. The number of hydrogen-bond donors (Lipinski definition) is 0. The van der Waals surface area contributed by atoms with Crippen LogP contribution in [0.1, 0.15) is 11.4 Å². The van der Waals surface area contributed by atoms with Crippen LogP contribution in [0.15, 0.2) is 42.6 Å². The van der Waals surface area contributed by atoms with Gasteiger partial charge in [0, 0.05) is 23.1 Å². The van der Waals surface area contributed by atoms with Crippen molar-refractivity contribution < 1.29 is 4.74 Å². The third-order valence-electron chi connectivity index (χ3n) is 4.12. The van der Waals surface area contributed by atoms with Crippen LogP contribution in [-0.4, -0.2) is 31.3 Å². The fourth-order valence-corrected chi connectivity index (χ4v) is 3.12. The molecule has 0 aliphatic rings. The molecular weight excluding hydrogens is 338 g/mol. The zero-order valence-corrected chi connectivity index (χ0v) is 14.8. The highest BCUT2D eigenvalue weighted by molar-refractivity contribution is 6.29. The molecule has 4 aromatic heterocycles. The van der Waals surface area contributed by atoms with Crippen molar-refractivity contribution >= 4 is 17.2 Å². The molecule has 4 aromatic rings. The van der Waals surface area contributed by atoms with E-state index in [4.69, 9.17) is 16.3 Å². The van der Waals surface area contributed by atoms with Gasteiger partial charge in [-0.1, -0.05) is 17.7 Å². The first-order valence-electron chi connectivity index (χ1n) is 7.80. The van der Waals surface area contributed by atoms with Crippen LogP contribution in [0.3, 0.4) is 0 Å². The van der Waals surface area contributed by atoms with E-state index in [-0.39, 0.29) is 0 Å². The van der Waals surface area contributed by atoms with Gasteiger partial charge in [-0.25, -0.2) is 9.50 Å². The number of halogens is 1. The fraction of sp³-hybridized carbons (Fsp3) is 0.167. The van der Waals surface area contributed by atoms with Crippen molar-refractivity contribution in [3.63, 3.8) is 0 Å². The van der Waals surface area contributed by atoms with Gasteiger partial charge < -0.3 is 4.74 Å². The van der Waals surface area contributed by atoms with E-state index in [9.17, 15) is 0 Å². The number of hydrogen-bond acceptors (Lipinski definition) is 4. The molecule has 0 fully saturated rings. The second-order valence-corrected chi connectivity index (χ2v) is 6.13. The van der Waals surface area contributed by atoms with Crippen LogP contribution in [-0.2, 0) is 0 Å². The fourth-order valence-electron chi connectivity index (χ4n) is 2.95. The lowest BCUT2D eigenvalue weighted by Crippen LogP contribution is -2.01. The number of fused-ring (bicyclic) bond motifs is 1. The molecule has 6 nitrogen and oxygen atoms in total. The normalized spacial score (nSPS) is 11.2. The zero-order chi connectivity index (χ0) is 17.6. The summed E-state index contributed by atoms with van der Waals surface area (Å²) in [6.07, 6.45) is 1.85. The van der Waals surface area contributed by atoms with Crippen molar-refractivity contribution in [3.05, 3.63) is 59.1 Å². The molecule has 0 bridgehead atoms. The third-order valence-corrected chi connectivity index (χ3v) is 4.33. The van der Waals surface area contributed by atoms with Gasteiger partial charge in [0.15, 0.2) is 11.4 Å². The van der Waals surface area contributed by atoms with Crippen LogP contribution in [0.4, 0.5) is 0 Å². The van der Waals surface area contributed by atoms with E-state index in [1.807, 2.05) is 54.9 Å². The van der Waals surface area contributed by atoms with Gasteiger partial charge in [0.1, 0.15) is 5.15 Å². The number of rotatable bonds is 3. The highest BCUT2D eigenvalue weighted by atomic mass is 35.5. The molecule has 4 rings (SSSR count). The minimum Gasteiger partial charge on any atom is -0.492 e. The molecule has 0 aliphatic heterocycles. The molecule has 0 radical (unpaired) electrons. The van der Waals surface area contributed by atoms with Gasteiger partial charge in [-0.15, -0.1) is 5.10 Å². The SMILES string of the molecule is COc1c(-c2cccc(Cl)n2)ccn2nc(-n3c(C)ccc3C)nc12. The minimum atomic E-state index is 0.431. The molecule has 0 aromatic carbocycles. The second-order valence-electron chi connectivity index (χ2n) is 5.74. The minimum absolute atomic E-state index is 0.431. The second kappa shape index (κ2) is 5.89. The molecule has 0 unspecified atom stereocenters. The van der Waals surface area contributed by atoms with Gasteiger partial charge in [0.25, 0.3) is 5.95 Å². The Labute approximate surface area is 149 Å². The quantitative estimate of drug-likeness (QED) is 0.525. The number of aromatic nitrogens is 5. The summed E-state index contributed by atoms with van der Waals surface area (Å²) < 4.78 is 9.34. The van der Waals surface area contributed by atoms with Crippen LogP contribution in [0, 0.1) is 13.8 Å². The summed E-state index contributed by atoms with van der Waals surface area (Å²) in [7, 11) is 1.61. The average molecular weight is 354 g/mol. The molecule has 7 heteroatoms. The van der Waals surface area contributed by atoms with Crippen LogP contribution in [0.25, 0.3) is 22.9 Å². The molecule has 0 saturated heterocycles. The lowest BCUT2D eigenvalue weighted by atomic mass is 10.1. The molecule has 0 aliphatic carbocycles. The number of nitrogens with zero attached hydrogens (tertiary/aromatic N) is 5. The standard InChI is InChI=1S/C18H16ClN5O/c1-11-7-8-12(2)24(11)18-21-17-16(25-3)13(9-10-23(17)22-18)14-5-4-6-15(19)20-14/h4-10H,1-3H3. The summed E-state index contributed by atoms with van der Waals surface area (Å²) in [5, 5.41) is 5.01. The monoisotopic (exact) mass is 353 g/mol.